The zero-order chi connectivity index (χ0) is 34.9. The van der Waals surface area contributed by atoms with E-state index in [0.29, 0.717) is 62.4 Å². The normalized spacial score (nSPS) is 33.5. The molecule has 2 saturated heterocycles. The van der Waals surface area contributed by atoms with Gasteiger partial charge in [-0.15, -0.1) is 0 Å². The van der Waals surface area contributed by atoms with Gasteiger partial charge in [0.1, 0.15) is 11.6 Å². The Hall–Kier alpha value is -3.68. The summed E-state index contributed by atoms with van der Waals surface area (Å²) in [5, 5.41) is 25.7. The molecule has 268 valence electrons. The molecule has 3 aliphatic heterocycles. The number of aromatic nitrogens is 3. The maximum absolute atomic E-state index is 13.7. The molecular weight excluding hydrogens is 636 g/mol. The Morgan fingerprint density at radius 2 is 1.80 bits per heavy atom. The molecule has 5 heterocycles. The van der Waals surface area contributed by atoms with Crippen molar-refractivity contribution in [3.05, 3.63) is 71.9 Å². The summed E-state index contributed by atoms with van der Waals surface area (Å²) in [5.41, 5.74) is 1.43. The molecule has 2 saturated carbocycles. The number of aliphatic hydroxyl groups is 2. The number of pyridine rings is 1. The number of aliphatic hydroxyl groups excluding tert-OH is 2. The van der Waals surface area contributed by atoms with Crippen molar-refractivity contribution in [1.82, 2.24) is 19.9 Å². The van der Waals surface area contributed by atoms with Crippen LogP contribution in [-0.2, 0) is 19.0 Å². The standard InChI is InChI=1S/C38H50N6O6/c1-25-29(37(2)8-7-33(46)38(3,24-45)32(37)21-31(25)43-10-14-48-15-11-43)20-30(42-34-6-4-5-9-39-34)28-19-27(50-35(28)47)18-26-22-40-36(41-23-26)44-12-16-49-17-13-44/h4-6,9,18-19,22-23,29-33,45-46H,1,7-8,10-17,20-21,24H2,2-3H3,(H,39,42)/b27-18+/t29?,30?,31?,32?,33-,37-,38+/m1/s1. The molecule has 0 aromatic carbocycles. The van der Waals surface area contributed by atoms with E-state index in [1.165, 1.54) is 0 Å². The number of nitrogens with zero attached hydrogens (tertiary/aromatic N) is 5. The maximum Gasteiger partial charge on any atom is 0.341 e. The summed E-state index contributed by atoms with van der Waals surface area (Å²) in [6, 6.07) is 5.29. The number of anilines is 2. The van der Waals surface area contributed by atoms with Crippen molar-refractivity contribution in [1.29, 1.82) is 0 Å². The van der Waals surface area contributed by atoms with Gasteiger partial charge in [0, 0.05) is 61.8 Å². The van der Waals surface area contributed by atoms with Crippen molar-refractivity contribution >= 4 is 23.8 Å². The third-order valence-corrected chi connectivity index (χ3v) is 12.1. The Bertz CT molecular complexity index is 1590. The van der Waals surface area contributed by atoms with E-state index in [1.54, 1.807) is 24.7 Å². The van der Waals surface area contributed by atoms with Gasteiger partial charge in [0.05, 0.1) is 50.8 Å². The Kier molecular flexibility index (Phi) is 10.1. The number of nitrogens with one attached hydrogen (secondary N) is 1. The first-order chi connectivity index (χ1) is 24.2. The van der Waals surface area contributed by atoms with Crippen LogP contribution in [0.3, 0.4) is 0 Å². The predicted octanol–water partition coefficient (Wildman–Crippen LogP) is 3.46. The highest BCUT2D eigenvalue weighted by molar-refractivity contribution is 5.95. The van der Waals surface area contributed by atoms with E-state index < -0.39 is 23.5 Å². The highest BCUT2D eigenvalue weighted by Crippen LogP contribution is 2.62. The molecule has 0 radical (unpaired) electrons. The molecule has 3 N–H and O–H groups in total. The summed E-state index contributed by atoms with van der Waals surface area (Å²) in [6.45, 7) is 14.7. The van der Waals surface area contributed by atoms with Crippen molar-refractivity contribution < 1.29 is 29.2 Å². The van der Waals surface area contributed by atoms with E-state index in [2.05, 4.69) is 37.0 Å². The number of hydrogen-bond donors (Lipinski definition) is 3. The molecule has 2 aromatic rings. The van der Waals surface area contributed by atoms with E-state index in [-0.39, 0.29) is 29.9 Å². The molecular formula is C38H50N6O6. The van der Waals surface area contributed by atoms with Crippen LogP contribution < -0.4 is 10.2 Å². The molecule has 0 spiro atoms. The van der Waals surface area contributed by atoms with Gasteiger partial charge in [-0.05, 0) is 67.2 Å². The molecule has 2 aliphatic carbocycles. The fourth-order valence-corrected chi connectivity index (χ4v) is 9.18. The van der Waals surface area contributed by atoms with Crippen LogP contribution in [-0.4, -0.2) is 113 Å². The zero-order valence-corrected chi connectivity index (χ0v) is 29.2. The Balaban J connectivity index is 1.22. The zero-order valence-electron chi connectivity index (χ0n) is 29.2. The second-order valence-electron chi connectivity index (χ2n) is 14.9. The van der Waals surface area contributed by atoms with Gasteiger partial charge in [0.25, 0.3) is 0 Å². The largest absolute Gasteiger partial charge is 0.423 e. The van der Waals surface area contributed by atoms with Gasteiger partial charge >= 0.3 is 5.97 Å². The fourth-order valence-electron chi connectivity index (χ4n) is 9.18. The lowest BCUT2D eigenvalue weighted by Gasteiger charge is -2.62. The first-order valence-corrected chi connectivity index (χ1v) is 18.0. The van der Waals surface area contributed by atoms with E-state index in [1.807, 2.05) is 31.2 Å². The molecule has 0 amide bonds. The molecule has 4 unspecified atom stereocenters. The van der Waals surface area contributed by atoms with Crippen molar-refractivity contribution in [2.24, 2.45) is 22.7 Å². The van der Waals surface area contributed by atoms with Crippen molar-refractivity contribution in [3.8, 4) is 0 Å². The number of allylic oxidation sites excluding steroid dienone is 1. The minimum absolute atomic E-state index is 0.0306. The van der Waals surface area contributed by atoms with E-state index in [9.17, 15) is 15.0 Å². The average molecular weight is 687 g/mol. The molecule has 7 atom stereocenters. The second kappa shape index (κ2) is 14.5. The minimum Gasteiger partial charge on any atom is -0.423 e. The topological polar surface area (TPSA) is 142 Å². The number of carbonyl (C=O) groups excluding carboxylic acids is 1. The molecule has 7 rings (SSSR count). The molecule has 2 aromatic heterocycles. The van der Waals surface area contributed by atoms with E-state index in [4.69, 9.17) is 20.8 Å². The van der Waals surface area contributed by atoms with Crippen molar-refractivity contribution in [3.63, 3.8) is 0 Å². The Morgan fingerprint density at radius 3 is 2.48 bits per heavy atom. The number of fused-ring (bicyclic) bond motifs is 1. The number of ether oxygens (including phenoxy) is 3. The number of carbonyl (C=O) groups is 1. The molecule has 50 heavy (non-hydrogen) atoms. The number of cyclic esters (lactones) is 1. The minimum atomic E-state index is -0.665. The van der Waals surface area contributed by atoms with Crippen LogP contribution in [0.4, 0.5) is 11.8 Å². The van der Waals surface area contributed by atoms with Crippen LogP contribution in [0.25, 0.3) is 6.08 Å². The molecule has 0 bridgehead atoms. The summed E-state index contributed by atoms with van der Waals surface area (Å²) >= 11 is 0. The summed E-state index contributed by atoms with van der Waals surface area (Å²) in [7, 11) is 0. The van der Waals surface area contributed by atoms with Crippen LogP contribution in [0.2, 0.25) is 0 Å². The lowest BCUT2D eigenvalue weighted by atomic mass is 9.45. The fraction of sp³-hybridized carbons (Fsp3) is 0.579. The summed E-state index contributed by atoms with van der Waals surface area (Å²) in [6.07, 6.45) is 11.0. The highest BCUT2D eigenvalue weighted by Gasteiger charge is 2.60. The first kappa shape index (κ1) is 34.8. The van der Waals surface area contributed by atoms with E-state index >= 15 is 0 Å². The lowest BCUT2D eigenvalue weighted by molar-refractivity contribution is -0.163. The van der Waals surface area contributed by atoms with Crippen LogP contribution in [0, 0.1) is 22.7 Å². The number of esters is 1. The average Bonchev–Trinajstić information content (AvgIpc) is 3.51. The third kappa shape index (κ3) is 6.71. The van der Waals surface area contributed by atoms with E-state index in [0.717, 1.165) is 50.2 Å². The van der Waals surface area contributed by atoms with Gasteiger partial charge in [0.2, 0.25) is 5.95 Å². The monoisotopic (exact) mass is 686 g/mol. The smallest absolute Gasteiger partial charge is 0.341 e. The Morgan fingerprint density at radius 1 is 1.08 bits per heavy atom. The SMILES string of the molecule is C=C1C(N2CCOCC2)CC2[C@](C)(CC[C@@H](O)[C@@]2(C)CO)C1CC(Nc1ccccn1)C1=C/C(=C\c2cnc(N3CCOCC3)nc2)OC1=O. The van der Waals surface area contributed by atoms with Gasteiger partial charge in [0.15, 0.2) is 0 Å². The molecule has 12 nitrogen and oxygen atoms in total. The van der Waals surface area contributed by atoms with Gasteiger partial charge in [-0.25, -0.2) is 19.7 Å². The quantitative estimate of drug-likeness (QED) is 0.263. The highest BCUT2D eigenvalue weighted by atomic mass is 16.5. The van der Waals surface area contributed by atoms with Crippen LogP contribution in [0.15, 0.2) is 66.3 Å². The van der Waals surface area contributed by atoms with Crippen LogP contribution >= 0.6 is 0 Å². The number of hydrogen-bond acceptors (Lipinski definition) is 12. The van der Waals surface area contributed by atoms with Crippen LogP contribution in [0.5, 0.6) is 0 Å². The lowest BCUT2D eigenvalue weighted by Crippen LogP contribution is -2.62. The van der Waals surface area contributed by atoms with Gasteiger partial charge in [-0.3, -0.25) is 4.90 Å². The molecule has 5 aliphatic rings. The van der Waals surface area contributed by atoms with Crippen LogP contribution in [0.1, 0.15) is 45.1 Å². The third-order valence-electron chi connectivity index (χ3n) is 12.1. The van der Waals surface area contributed by atoms with Gasteiger partial charge in [-0.1, -0.05) is 32.1 Å². The Labute approximate surface area is 294 Å². The summed E-state index contributed by atoms with van der Waals surface area (Å²) < 4.78 is 17.0. The van der Waals surface area contributed by atoms with Gasteiger partial charge < -0.3 is 34.6 Å². The predicted molar refractivity (Wildman–Crippen MR) is 189 cm³/mol. The van der Waals surface area contributed by atoms with Crippen molar-refractivity contribution in [2.45, 2.75) is 57.7 Å². The number of morpholine rings is 2. The first-order valence-electron chi connectivity index (χ1n) is 18.0. The van der Waals surface area contributed by atoms with Gasteiger partial charge in [-0.2, -0.15) is 0 Å². The maximum atomic E-state index is 13.7. The molecule has 4 fully saturated rings. The second-order valence-corrected chi connectivity index (χ2v) is 14.9. The summed E-state index contributed by atoms with van der Waals surface area (Å²) in [4.78, 5) is 31.9. The number of rotatable bonds is 9. The molecule has 12 heteroatoms. The van der Waals surface area contributed by atoms with Crippen molar-refractivity contribution in [2.75, 3.05) is 69.4 Å². The summed E-state index contributed by atoms with van der Waals surface area (Å²) in [5.74, 6) is 1.31.